The summed E-state index contributed by atoms with van der Waals surface area (Å²) in [6.07, 6.45) is 1.58. The summed E-state index contributed by atoms with van der Waals surface area (Å²) < 4.78 is 10.6. The Hall–Kier alpha value is -1.62. The SMILES string of the molecule is CCN(C)Cc1nnc(-c2ccco2)o1. The van der Waals surface area contributed by atoms with E-state index >= 15 is 0 Å². The molecule has 2 heterocycles. The van der Waals surface area contributed by atoms with E-state index in [0.717, 1.165) is 6.54 Å². The highest BCUT2D eigenvalue weighted by molar-refractivity contribution is 5.42. The largest absolute Gasteiger partial charge is 0.459 e. The summed E-state index contributed by atoms with van der Waals surface area (Å²) in [7, 11) is 2.00. The average Bonchev–Trinajstić information content (AvgIpc) is 2.85. The monoisotopic (exact) mass is 207 g/mol. The maximum Gasteiger partial charge on any atom is 0.283 e. The molecule has 0 saturated carbocycles. The van der Waals surface area contributed by atoms with Crippen LogP contribution in [0.2, 0.25) is 0 Å². The minimum absolute atomic E-state index is 0.430. The van der Waals surface area contributed by atoms with Gasteiger partial charge in [0.15, 0.2) is 5.76 Å². The Kier molecular flexibility index (Phi) is 2.82. The van der Waals surface area contributed by atoms with Crippen molar-refractivity contribution in [1.82, 2.24) is 15.1 Å². The van der Waals surface area contributed by atoms with Gasteiger partial charge in [-0.25, -0.2) is 0 Å². The molecule has 2 aromatic heterocycles. The molecule has 5 heteroatoms. The Morgan fingerprint density at radius 3 is 2.93 bits per heavy atom. The van der Waals surface area contributed by atoms with Gasteiger partial charge in [0.2, 0.25) is 5.89 Å². The molecule has 0 atom stereocenters. The zero-order chi connectivity index (χ0) is 10.7. The molecule has 0 amide bonds. The van der Waals surface area contributed by atoms with Crippen LogP contribution in [0.15, 0.2) is 27.2 Å². The van der Waals surface area contributed by atoms with E-state index in [4.69, 9.17) is 8.83 Å². The van der Waals surface area contributed by atoms with Gasteiger partial charge in [0, 0.05) is 0 Å². The molecule has 15 heavy (non-hydrogen) atoms. The van der Waals surface area contributed by atoms with Gasteiger partial charge in [0.1, 0.15) is 0 Å². The van der Waals surface area contributed by atoms with Crippen LogP contribution in [-0.2, 0) is 6.54 Å². The molecular formula is C10H13N3O2. The smallest absolute Gasteiger partial charge is 0.283 e. The molecule has 0 saturated heterocycles. The van der Waals surface area contributed by atoms with Crippen LogP contribution in [0.5, 0.6) is 0 Å². The Morgan fingerprint density at radius 2 is 2.27 bits per heavy atom. The lowest BCUT2D eigenvalue weighted by Gasteiger charge is -2.09. The maximum atomic E-state index is 5.44. The molecule has 2 rings (SSSR count). The summed E-state index contributed by atoms with van der Waals surface area (Å²) in [5, 5.41) is 7.85. The molecule has 80 valence electrons. The summed E-state index contributed by atoms with van der Waals surface area (Å²) in [4.78, 5) is 2.08. The molecule has 0 aliphatic heterocycles. The fourth-order valence-corrected chi connectivity index (χ4v) is 1.16. The molecule has 0 N–H and O–H groups in total. The molecule has 5 nitrogen and oxygen atoms in total. The van der Waals surface area contributed by atoms with Gasteiger partial charge in [-0.1, -0.05) is 6.92 Å². The van der Waals surface area contributed by atoms with Gasteiger partial charge in [0.25, 0.3) is 5.89 Å². The third-order valence-corrected chi connectivity index (χ3v) is 2.14. The van der Waals surface area contributed by atoms with Gasteiger partial charge >= 0.3 is 0 Å². The highest BCUT2D eigenvalue weighted by atomic mass is 16.4. The standard InChI is InChI=1S/C10H13N3O2/c1-3-13(2)7-9-11-12-10(15-9)8-5-4-6-14-8/h4-6H,3,7H2,1-2H3. The Labute approximate surface area is 87.7 Å². The van der Waals surface area contributed by atoms with Gasteiger partial charge in [-0.3, -0.25) is 4.90 Å². The molecule has 0 radical (unpaired) electrons. The van der Waals surface area contributed by atoms with Crippen molar-refractivity contribution in [1.29, 1.82) is 0 Å². The van der Waals surface area contributed by atoms with Crippen molar-refractivity contribution in [2.45, 2.75) is 13.5 Å². The van der Waals surface area contributed by atoms with Gasteiger partial charge in [-0.2, -0.15) is 0 Å². The van der Waals surface area contributed by atoms with Crippen LogP contribution in [-0.4, -0.2) is 28.7 Å². The second-order valence-electron chi connectivity index (χ2n) is 3.31. The zero-order valence-electron chi connectivity index (χ0n) is 8.80. The van der Waals surface area contributed by atoms with Crippen LogP contribution < -0.4 is 0 Å². The summed E-state index contributed by atoms with van der Waals surface area (Å²) in [5.41, 5.74) is 0. The third kappa shape index (κ3) is 2.24. The van der Waals surface area contributed by atoms with Gasteiger partial charge in [-0.15, -0.1) is 10.2 Å². The molecule has 0 spiro atoms. The molecular weight excluding hydrogens is 194 g/mol. The minimum atomic E-state index is 0.430. The number of nitrogens with zero attached hydrogens (tertiary/aromatic N) is 3. The number of hydrogen-bond acceptors (Lipinski definition) is 5. The fourth-order valence-electron chi connectivity index (χ4n) is 1.16. The minimum Gasteiger partial charge on any atom is -0.459 e. The predicted molar refractivity (Wildman–Crippen MR) is 54.0 cm³/mol. The summed E-state index contributed by atoms with van der Waals surface area (Å²) in [6, 6.07) is 3.58. The molecule has 0 fully saturated rings. The van der Waals surface area contributed by atoms with Crippen LogP contribution in [0.1, 0.15) is 12.8 Å². The quantitative estimate of drug-likeness (QED) is 0.764. The first-order valence-electron chi connectivity index (χ1n) is 4.84. The number of hydrogen-bond donors (Lipinski definition) is 0. The van der Waals surface area contributed by atoms with E-state index in [2.05, 4.69) is 22.0 Å². The van der Waals surface area contributed by atoms with E-state index in [1.807, 2.05) is 7.05 Å². The second-order valence-corrected chi connectivity index (χ2v) is 3.31. The van der Waals surface area contributed by atoms with Crippen molar-refractivity contribution < 1.29 is 8.83 Å². The van der Waals surface area contributed by atoms with Gasteiger partial charge < -0.3 is 8.83 Å². The van der Waals surface area contributed by atoms with E-state index in [-0.39, 0.29) is 0 Å². The molecule has 0 unspecified atom stereocenters. The van der Waals surface area contributed by atoms with E-state index in [1.165, 1.54) is 0 Å². The first-order valence-corrected chi connectivity index (χ1v) is 4.84. The molecule has 0 aromatic carbocycles. The number of aromatic nitrogens is 2. The van der Waals surface area contributed by atoms with E-state index in [9.17, 15) is 0 Å². The summed E-state index contributed by atoms with van der Waals surface area (Å²) >= 11 is 0. The highest BCUT2D eigenvalue weighted by Crippen LogP contribution is 2.18. The zero-order valence-corrected chi connectivity index (χ0v) is 8.80. The lowest BCUT2D eigenvalue weighted by Crippen LogP contribution is -2.16. The molecule has 0 aliphatic rings. The predicted octanol–water partition coefficient (Wildman–Crippen LogP) is 1.78. The topological polar surface area (TPSA) is 55.3 Å². The summed E-state index contributed by atoms with van der Waals surface area (Å²) in [5.74, 6) is 1.64. The third-order valence-electron chi connectivity index (χ3n) is 2.14. The van der Waals surface area contributed by atoms with Crippen molar-refractivity contribution in [3.05, 3.63) is 24.3 Å². The summed E-state index contributed by atoms with van der Waals surface area (Å²) in [6.45, 7) is 3.67. The van der Waals surface area contributed by atoms with Crippen molar-refractivity contribution in [2.75, 3.05) is 13.6 Å². The van der Waals surface area contributed by atoms with E-state index in [1.54, 1.807) is 18.4 Å². The van der Waals surface area contributed by atoms with Crippen molar-refractivity contribution in [2.24, 2.45) is 0 Å². The number of rotatable bonds is 4. The normalized spacial score (nSPS) is 11.1. The van der Waals surface area contributed by atoms with E-state index in [0.29, 0.717) is 24.1 Å². The van der Waals surface area contributed by atoms with Crippen LogP contribution in [0.25, 0.3) is 11.7 Å². The maximum absolute atomic E-state index is 5.44. The average molecular weight is 207 g/mol. The Bertz CT molecular complexity index is 408. The van der Waals surface area contributed by atoms with Crippen LogP contribution >= 0.6 is 0 Å². The Morgan fingerprint density at radius 1 is 1.40 bits per heavy atom. The second kappa shape index (κ2) is 4.27. The van der Waals surface area contributed by atoms with E-state index < -0.39 is 0 Å². The lowest BCUT2D eigenvalue weighted by atomic mass is 10.4. The van der Waals surface area contributed by atoms with Crippen LogP contribution in [0.4, 0.5) is 0 Å². The first kappa shape index (κ1) is 9.92. The lowest BCUT2D eigenvalue weighted by molar-refractivity contribution is 0.303. The molecule has 0 aliphatic carbocycles. The first-order chi connectivity index (χ1) is 7.29. The highest BCUT2D eigenvalue weighted by Gasteiger charge is 2.11. The molecule has 0 bridgehead atoms. The Balaban J connectivity index is 2.11. The van der Waals surface area contributed by atoms with Crippen molar-refractivity contribution in [3.63, 3.8) is 0 Å². The fraction of sp³-hybridized carbons (Fsp3) is 0.400. The van der Waals surface area contributed by atoms with Crippen LogP contribution in [0.3, 0.4) is 0 Å². The molecule has 2 aromatic rings. The number of furan rings is 1. The van der Waals surface area contributed by atoms with Crippen molar-refractivity contribution >= 4 is 0 Å². The van der Waals surface area contributed by atoms with Gasteiger partial charge in [-0.05, 0) is 25.7 Å². The van der Waals surface area contributed by atoms with Gasteiger partial charge in [0.05, 0.1) is 12.8 Å². The van der Waals surface area contributed by atoms with Crippen LogP contribution in [0, 0.1) is 0 Å². The van der Waals surface area contributed by atoms with Crippen molar-refractivity contribution in [3.8, 4) is 11.7 Å².